The molecule has 0 atom stereocenters. The first-order valence-corrected chi connectivity index (χ1v) is 13.8. The molecule has 1 aliphatic heterocycles. The summed E-state index contributed by atoms with van der Waals surface area (Å²) in [5.41, 5.74) is 4.01. The average Bonchev–Trinajstić information content (AvgIpc) is 3.34. The van der Waals surface area contributed by atoms with Crippen molar-refractivity contribution in [3.8, 4) is 11.5 Å². The van der Waals surface area contributed by atoms with Crippen LogP contribution in [-0.2, 0) is 22.6 Å². The average molecular weight is 558 g/mol. The lowest BCUT2D eigenvalue weighted by Gasteiger charge is -2.26. The first kappa shape index (κ1) is 27.2. The number of nitrogens with zero attached hydrogens (tertiary/aromatic N) is 4. The SMILES string of the molecule is CNC(=O)CNC/C=C/C(=O)N1CCc2c(sc3ncnc(Nc4ccc(Oc5ccc(C)nc5)c(C)c4)c23)C1. The number of pyridine rings is 1. The van der Waals surface area contributed by atoms with Gasteiger partial charge in [0.15, 0.2) is 0 Å². The van der Waals surface area contributed by atoms with E-state index >= 15 is 0 Å². The van der Waals surface area contributed by atoms with Gasteiger partial charge in [-0.2, -0.15) is 0 Å². The number of benzene rings is 1. The molecule has 3 aromatic heterocycles. The van der Waals surface area contributed by atoms with Crippen LogP contribution in [0.1, 0.15) is 21.7 Å². The van der Waals surface area contributed by atoms with Crippen molar-refractivity contribution in [2.24, 2.45) is 0 Å². The molecule has 0 fully saturated rings. The molecular formula is C29H31N7O3S. The van der Waals surface area contributed by atoms with Crippen molar-refractivity contribution in [3.63, 3.8) is 0 Å². The Hall–Kier alpha value is -4.35. The Kier molecular flexibility index (Phi) is 8.32. The minimum atomic E-state index is -0.0953. The van der Waals surface area contributed by atoms with E-state index in [1.807, 2.05) is 49.1 Å². The predicted molar refractivity (Wildman–Crippen MR) is 156 cm³/mol. The highest BCUT2D eigenvalue weighted by atomic mass is 32.1. The molecular weight excluding hydrogens is 526 g/mol. The third kappa shape index (κ3) is 6.27. The summed E-state index contributed by atoms with van der Waals surface area (Å²) < 4.78 is 6.01. The van der Waals surface area contributed by atoms with Gasteiger partial charge in [-0.15, -0.1) is 11.3 Å². The molecule has 4 aromatic rings. The van der Waals surface area contributed by atoms with Crippen LogP contribution in [0, 0.1) is 13.8 Å². The molecule has 0 unspecified atom stereocenters. The van der Waals surface area contributed by atoms with Crippen molar-refractivity contribution in [1.29, 1.82) is 0 Å². The molecule has 206 valence electrons. The van der Waals surface area contributed by atoms with Crippen LogP contribution in [0.4, 0.5) is 11.5 Å². The van der Waals surface area contributed by atoms with E-state index in [1.165, 1.54) is 5.56 Å². The van der Waals surface area contributed by atoms with Crippen LogP contribution in [-0.4, -0.2) is 58.3 Å². The number of nitrogens with one attached hydrogen (secondary N) is 3. The number of fused-ring (bicyclic) bond motifs is 3. The van der Waals surface area contributed by atoms with Crippen LogP contribution in [0.25, 0.3) is 10.2 Å². The minimum Gasteiger partial charge on any atom is -0.455 e. The zero-order chi connectivity index (χ0) is 28.1. The maximum atomic E-state index is 12.8. The first-order chi connectivity index (χ1) is 19.4. The number of ether oxygens (including phenoxy) is 1. The second kappa shape index (κ2) is 12.2. The highest BCUT2D eigenvalue weighted by Gasteiger charge is 2.25. The van der Waals surface area contributed by atoms with E-state index in [4.69, 9.17) is 4.74 Å². The van der Waals surface area contributed by atoms with Crippen LogP contribution in [0.5, 0.6) is 11.5 Å². The van der Waals surface area contributed by atoms with Gasteiger partial charge in [-0.05, 0) is 61.7 Å². The smallest absolute Gasteiger partial charge is 0.246 e. The van der Waals surface area contributed by atoms with Crippen molar-refractivity contribution in [3.05, 3.63) is 76.7 Å². The van der Waals surface area contributed by atoms with Crippen molar-refractivity contribution >= 4 is 44.9 Å². The van der Waals surface area contributed by atoms with E-state index in [1.54, 1.807) is 43.1 Å². The summed E-state index contributed by atoms with van der Waals surface area (Å²) >= 11 is 1.60. The monoisotopic (exact) mass is 557 g/mol. The fourth-order valence-electron chi connectivity index (χ4n) is 4.45. The van der Waals surface area contributed by atoms with E-state index < -0.39 is 0 Å². The second-order valence-corrected chi connectivity index (χ2v) is 10.5. The van der Waals surface area contributed by atoms with Crippen LogP contribution in [0.15, 0.2) is 55.0 Å². The number of thiophene rings is 1. The second-order valence-electron chi connectivity index (χ2n) is 9.47. The lowest BCUT2D eigenvalue weighted by Crippen LogP contribution is -2.34. The molecule has 4 heterocycles. The first-order valence-electron chi connectivity index (χ1n) is 13.0. The number of aromatic nitrogens is 3. The molecule has 0 saturated heterocycles. The molecule has 3 N–H and O–H groups in total. The van der Waals surface area contributed by atoms with E-state index in [0.29, 0.717) is 25.4 Å². The Morgan fingerprint density at radius 1 is 1.15 bits per heavy atom. The molecule has 1 aliphatic rings. The maximum absolute atomic E-state index is 12.8. The number of carbonyl (C=O) groups is 2. The predicted octanol–water partition coefficient (Wildman–Crippen LogP) is 4.02. The van der Waals surface area contributed by atoms with Crippen LogP contribution in [0.2, 0.25) is 0 Å². The summed E-state index contributed by atoms with van der Waals surface area (Å²) in [4.78, 5) is 41.3. The third-order valence-corrected chi connectivity index (χ3v) is 7.71. The largest absolute Gasteiger partial charge is 0.455 e. The Morgan fingerprint density at radius 2 is 2.02 bits per heavy atom. The quantitative estimate of drug-likeness (QED) is 0.209. The van der Waals surface area contributed by atoms with E-state index in [2.05, 4.69) is 30.9 Å². The van der Waals surface area contributed by atoms with Gasteiger partial charge in [0.2, 0.25) is 11.8 Å². The molecule has 1 aromatic carbocycles. The fraction of sp³-hybridized carbons (Fsp3) is 0.276. The zero-order valence-electron chi connectivity index (χ0n) is 22.7. The lowest BCUT2D eigenvalue weighted by atomic mass is 10.0. The van der Waals surface area contributed by atoms with Gasteiger partial charge in [0.25, 0.3) is 0 Å². The van der Waals surface area contributed by atoms with Crippen molar-refractivity contribution in [2.75, 3.05) is 32.0 Å². The highest BCUT2D eigenvalue weighted by Crippen LogP contribution is 2.38. The van der Waals surface area contributed by atoms with E-state index in [9.17, 15) is 9.59 Å². The van der Waals surface area contributed by atoms with Crippen LogP contribution >= 0.6 is 11.3 Å². The van der Waals surface area contributed by atoms with Gasteiger partial charge < -0.3 is 25.6 Å². The molecule has 0 bridgehead atoms. The summed E-state index contributed by atoms with van der Waals surface area (Å²) in [6, 6.07) is 9.75. The van der Waals surface area contributed by atoms with Crippen molar-refractivity contribution < 1.29 is 14.3 Å². The van der Waals surface area contributed by atoms with Gasteiger partial charge in [-0.1, -0.05) is 6.08 Å². The normalized spacial score (nSPS) is 12.9. The van der Waals surface area contributed by atoms with Crippen molar-refractivity contribution in [1.82, 2.24) is 30.5 Å². The Bertz CT molecular complexity index is 1570. The van der Waals surface area contributed by atoms with E-state index in [-0.39, 0.29) is 18.4 Å². The van der Waals surface area contributed by atoms with E-state index in [0.717, 1.165) is 50.0 Å². The zero-order valence-corrected chi connectivity index (χ0v) is 23.5. The van der Waals surface area contributed by atoms with Gasteiger partial charge in [0, 0.05) is 42.5 Å². The standard InChI is InChI=1S/C29H31N7O3S/c1-18-13-20(7-9-23(18)39-21-8-6-19(2)32-14-21)35-28-27-22-10-12-36(16-24(22)40-29(27)34-17-33-28)26(38)5-4-11-31-15-25(37)30-3/h4-9,13-14,17,31H,10-12,15-16H2,1-3H3,(H,30,37)(H,33,34,35)/b5-4+. The number of likely N-dealkylation sites (N-methyl/N-ethyl adjacent to an activating group) is 1. The number of aryl methyl sites for hydroxylation is 2. The van der Waals surface area contributed by atoms with Gasteiger partial charge in [-0.25, -0.2) is 9.97 Å². The maximum Gasteiger partial charge on any atom is 0.246 e. The molecule has 11 heteroatoms. The molecule has 2 amide bonds. The topological polar surface area (TPSA) is 121 Å². The Morgan fingerprint density at radius 3 is 2.80 bits per heavy atom. The van der Waals surface area contributed by atoms with Crippen LogP contribution < -0.4 is 20.7 Å². The summed E-state index contributed by atoms with van der Waals surface area (Å²) in [5, 5.41) is 10.00. The van der Waals surface area contributed by atoms with Gasteiger partial charge in [0.05, 0.1) is 24.7 Å². The molecule has 40 heavy (non-hydrogen) atoms. The summed E-state index contributed by atoms with van der Waals surface area (Å²) in [6.07, 6.45) is 7.32. The Balaban J connectivity index is 1.27. The summed E-state index contributed by atoms with van der Waals surface area (Å²) in [7, 11) is 1.59. The highest BCUT2D eigenvalue weighted by molar-refractivity contribution is 7.19. The number of hydrogen-bond acceptors (Lipinski definition) is 9. The van der Waals surface area contributed by atoms with Crippen LogP contribution in [0.3, 0.4) is 0 Å². The van der Waals surface area contributed by atoms with Gasteiger partial charge >= 0.3 is 0 Å². The van der Waals surface area contributed by atoms with Gasteiger partial charge in [0.1, 0.15) is 28.5 Å². The lowest BCUT2D eigenvalue weighted by molar-refractivity contribution is -0.126. The molecule has 0 saturated carbocycles. The number of hydrogen-bond donors (Lipinski definition) is 3. The molecule has 0 aliphatic carbocycles. The molecule has 10 nitrogen and oxygen atoms in total. The van der Waals surface area contributed by atoms with Gasteiger partial charge in [-0.3, -0.25) is 14.6 Å². The number of carbonyl (C=O) groups excluding carboxylic acids is 2. The molecule has 0 spiro atoms. The number of rotatable bonds is 9. The number of amides is 2. The molecule has 0 radical (unpaired) electrons. The minimum absolute atomic E-state index is 0.0477. The fourth-order valence-corrected chi connectivity index (χ4v) is 5.66. The summed E-state index contributed by atoms with van der Waals surface area (Å²) in [5.74, 6) is 2.06. The Labute approximate surface area is 236 Å². The van der Waals surface area contributed by atoms with Crippen molar-refractivity contribution in [2.45, 2.75) is 26.8 Å². The summed E-state index contributed by atoms with van der Waals surface area (Å²) in [6.45, 7) is 5.74. The third-order valence-electron chi connectivity index (χ3n) is 6.59. The number of anilines is 2. The molecule has 5 rings (SSSR count).